The van der Waals surface area contributed by atoms with E-state index < -0.39 is 5.54 Å². The number of benzene rings is 1. The highest BCUT2D eigenvalue weighted by molar-refractivity contribution is 5.84. The summed E-state index contributed by atoms with van der Waals surface area (Å²) in [7, 11) is 0. The lowest BCUT2D eigenvalue weighted by molar-refractivity contribution is -0.132. The number of amides is 1. The van der Waals surface area contributed by atoms with Crippen LogP contribution < -0.4 is 10.6 Å². The predicted molar refractivity (Wildman–Crippen MR) is 97.7 cm³/mol. The first kappa shape index (κ1) is 16.5. The molecule has 1 aliphatic heterocycles. The second-order valence-electron chi connectivity index (χ2n) is 6.54. The fourth-order valence-corrected chi connectivity index (χ4v) is 3.44. The van der Waals surface area contributed by atoms with Crippen LogP contribution in [0.5, 0.6) is 0 Å². The van der Waals surface area contributed by atoms with E-state index in [-0.39, 0.29) is 5.91 Å². The first-order chi connectivity index (χ1) is 12.8. The number of piperidine rings is 1. The van der Waals surface area contributed by atoms with Crippen LogP contribution in [0.25, 0.3) is 5.69 Å². The second-order valence-corrected chi connectivity index (χ2v) is 6.54. The van der Waals surface area contributed by atoms with Crippen molar-refractivity contribution in [2.24, 2.45) is 0 Å². The molecular formula is C19H22N6O. The van der Waals surface area contributed by atoms with Crippen LogP contribution in [-0.2, 0) is 16.9 Å². The summed E-state index contributed by atoms with van der Waals surface area (Å²) in [5.74, 6) is 0.00941. The lowest BCUT2D eigenvalue weighted by Gasteiger charge is -2.36. The standard InChI is InChI=1S/C19H22N6O/c26-18(19(7-10-20-11-8-19)25-12-4-9-22-25)21-13-16-14-23-24(15-16)17-5-2-1-3-6-17/h1-6,9,12,14-15,20H,7-8,10-11,13H2,(H,21,26). The molecule has 0 atom stereocenters. The smallest absolute Gasteiger partial charge is 0.248 e. The third kappa shape index (κ3) is 3.13. The van der Waals surface area contributed by atoms with Gasteiger partial charge in [-0.15, -0.1) is 0 Å². The van der Waals surface area contributed by atoms with Crippen LogP contribution in [-0.4, -0.2) is 38.6 Å². The second kappa shape index (κ2) is 7.13. The number of hydrogen-bond donors (Lipinski definition) is 2. The molecule has 1 amide bonds. The Hall–Kier alpha value is -2.93. The van der Waals surface area contributed by atoms with Gasteiger partial charge in [-0.25, -0.2) is 4.68 Å². The fourth-order valence-electron chi connectivity index (χ4n) is 3.44. The van der Waals surface area contributed by atoms with Gasteiger partial charge in [-0.3, -0.25) is 9.48 Å². The van der Waals surface area contributed by atoms with Crippen molar-refractivity contribution in [3.8, 4) is 5.69 Å². The van der Waals surface area contributed by atoms with Crippen LogP contribution in [0.2, 0.25) is 0 Å². The molecule has 1 aliphatic rings. The molecule has 4 rings (SSSR count). The Morgan fingerprint density at radius 2 is 1.96 bits per heavy atom. The van der Waals surface area contributed by atoms with Crippen molar-refractivity contribution >= 4 is 5.91 Å². The van der Waals surface area contributed by atoms with Crippen molar-refractivity contribution in [2.75, 3.05) is 13.1 Å². The van der Waals surface area contributed by atoms with Gasteiger partial charge in [0.15, 0.2) is 0 Å². The van der Waals surface area contributed by atoms with E-state index in [1.54, 1.807) is 17.1 Å². The SMILES string of the molecule is O=C(NCc1cnn(-c2ccccc2)c1)C1(n2cccn2)CCNCC1. The molecule has 1 aromatic carbocycles. The Labute approximate surface area is 152 Å². The first-order valence-electron chi connectivity index (χ1n) is 8.86. The zero-order chi connectivity index (χ0) is 17.8. The molecule has 1 fully saturated rings. The summed E-state index contributed by atoms with van der Waals surface area (Å²) in [5.41, 5.74) is 1.34. The highest BCUT2D eigenvalue weighted by Gasteiger charge is 2.41. The third-order valence-corrected chi connectivity index (χ3v) is 4.91. The molecule has 2 N–H and O–H groups in total. The lowest BCUT2D eigenvalue weighted by Crippen LogP contribution is -2.54. The zero-order valence-corrected chi connectivity index (χ0v) is 14.5. The van der Waals surface area contributed by atoms with Gasteiger partial charge in [0.25, 0.3) is 0 Å². The highest BCUT2D eigenvalue weighted by Crippen LogP contribution is 2.27. The zero-order valence-electron chi connectivity index (χ0n) is 14.5. The summed E-state index contributed by atoms with van der Waals surface area (Å²) in [6.07, 6.45) is 8.78. The van der Waals surface area contributed by atoms with E-state index in [9.17, 15) is 4.79 Å². The molecule has 134 valence electrons. The van der Waals surface area contributed by atoms with Crippen molar-refractivity contribution in [1.29, 1.82) is 0 Å². The minimum absolute atomic E-state index is 0.00941. The van der Waals surface area contributed by atoms with Crippen molar-refractivity contribution in [3.05, 3.63) is 66.7 Å². The van der Waals surface area contributed by atoms with Crippen molar-refractivity contribution in [2.45, 2.75) is 24.9 Å². The predicted octanol–water partition coefficient (Wildman–Crippen LogP) is 1.46. The molecule has 2 aromatic heterocycles. The molecule has 0 saturated carbocycles. The number of rotatable bonds is 5. The molecule has 0 bridgehead atoms. The van der Waals surface area contributed by atoms with Crippen LogP contribution in [0.1, 0.15) is 18.4 Å². The number of hydrogen-bond acceptors (Lipinski definition) is 4. The minimum atomic E-state index is -0.621. The van der Waals surface area contributed by atoms with Gasteiger partial charge in [0.1, 0.15) is 5.54 Å². The van der Waals surface area contributed by atoms with Crippen molar-refractivity contribution < 1.29 is 4.79 Å². The number of nitrogens with one attached hydrogen (secondary N) is 2. The summed E-state index contributed by atoms with van der Waals surface area (Å²) < 4.78 is 3.62. The lowest BCUT2D eigenvalue weighted by atomic mass is 9.87. The maximum absolute atomic E-state index is 13.0. The Kier molecular flexibility index (Phi) is 4.53. The Morgan fingerprint density at radius 1 is 1.15 bits per heavy atom. The maximum Gasteiger partial charge on any atom is 0.248 e. The highest BCUT2D eigenvalue weighted by atomic mass is 16.2. The number of carbonyl (C=O) groups is 1. The van der Waals surface area contributed by atoms with Gasteiger partial charge in [-0.2, -0.15) is 10.2 Å². The van der Waals surface area contributed by atoms with Crippen LogP contribution in [0.3, 0.4) is 0 Å². The van der Waals surface area contributed by atoms with E-state index in [1.165, 1.54) is 0 Å². The maximum atomic E-state index is 13.0. The summed E-state index contributed by atoms with van der Waals surface area (Å²) in [6, 6.07) is 11.8. The average Bonchev–Trinajstić information content (AvgIpc) is 3.39. The first-order valence-corrected chi connectivity index (χ1v) is 8.86. The molecular weight excluding hydrogens is 328 g/mol. The molecule has 0 radical (unpaired) electrons. The molecule has 7 nitrogen and oxygen atoms in total. The monoisotopic (exact) mass is 350 g/mol. The van der Waals surface area contributed by atoms with E-state index in [0.717, 1.165) is 37.2 Å². The van der Waals surface area contributed by atoms with Gasteiger partial charge in [-0.1, -0.05) is 18.2 Å². The number of nitrogens with zero attached hydrogens (tertiary/aromatic N) is 4. The van der Waals surface area contributed by atoms with Crippen LogP contribution in [0.4, 0.5) is 0 Å². The average molecular weight is 350 g/mol. The quantitative estimate of drug-likeness (QED) is 0.730. The largest absolute Gasteiger partial charge is 0.350 e. The van der Waals surface area contributed by atoms with E-state index in [2.05, 4.69) is 20.8 Å². The van der Waals surface area contributed by atoms with Gasteiger partial charge in [0.05, 0.1) is 11.9 Å². The number of aromatic nitrogens is 4. The number of para-hydroxylation sites is 1. The molecule has 1 saturated heterocycles. The summed E-state index contributed by atoms with van der Waals surface area (Å²) in [5, 5.41) is 15.1. The van der Waals surface area contributed by atoms with E-state index in [0.29, 0.717) is 6.54 Å². The van der Waals surface area contributed by atoms with Crippen molar-refractivity contribution in [1.82, 2.24) is 30.2 Å². The third-order valence-electron chi connectivity index (χ3n) is 4.91. The molecule has 3 heterocycles. The van der Waals surface area contributed by atoms with Crippen LogP contribution in [0.15, 0.2) is 61.2 Å². The van der Waals surface area contributed by atoms with E-state index in [1.807, 2.05) is 53.5 Å². The molecule has 0 spiro atoms. The summed E-state index contributed by atoms with van der Waals surface area (Å²) in [6.45, 7) is 2.06. The topological polar surface area (TPSA) is 76.8 Å². The van der Waals surface area contributed by atoms with Crippen LogP contribution >= 0.6 is 0 Å². The minimum Gasteiger partial charge on any atom is -0.350 e. The molecule has 26 heavy (non-hydrogen) atoms. The van der Waals surface area contributed by atoms with E-state index >= 15 is 0 Å². The number of carbonyl (C=O) groups excluding carboxylic acids is 1. The molecule has 0 unspecified atom stereocenters. The fraction of sp³-hybridized carbons (Fsp3) is 0.316. The van der Waals surface area contributed by atoms with Gasteiger partial charge >= 0.3 is 0 Å². The molecule has 7 heteroatoms. The normalized spacial score (nSPS) is 16.3. The van der Waals surface area contributed by atoms with Gasteiger partial charge in [-0.05, 0) is 44.1 Å². The molecule has 3 aromatic rings. The Morgan fingerprint density at radius 3 is 2.69 bits per heavy atom. The Balaban J connectivity index is 1.47. The summed E-state index contributed by atoms with van der Waals surface area (Å²) in [4.78, 5) is 13.0. The summed E-state index contributed by atoms with van der Waals surface area (Å²) >= 11 is 0. The van der Waals surface area contributed by atoms with Crippen LogP contribution in [0, 0.1) is 0 Å². The van der Waals surface area contributed by atoms with Crippen molar-refractivity contribution in [3.63, 3.8) is 0 Å². The van der Waals surface area contributed by atoms with Gasteiger partial charge in [0, 0.05) is 30.7 Å². The van der Waals surface area contributed by atoms with Gasteiger partial charge in [0.2, 0.25) is 5.91 Å². The van der Waals surface area contributed by atoms with E-state index in [4.69, 9.17) is 0 Å². The van der Waals surface area contributed by atoms with Gasteiger partial charge < -0.3 is 10.6 Å². The molecule has 0 aliphatic carbocycles. The Bertz CT molecular complexity index is 849.